The minimum atomic E-state index is -0.704. The van der Waals surface area contributed by atoms with Crippen molar-refractivity contribution in [1.82, 2.24) is 5.32 Å². The molecule has 1 aliphatic heterocycles. The predicted molar refractivity (Wildman–Crippen MR) is 128 cm³/mol. The van der Waals surface area contributed by atoms with Crippen LogP contribution in [0, 0.1) is 11.3 Å². The Balaban J connectivity index is 1.86. The second-order valence-corrected chi connectivity index (χ2v) is 9.02. The summed E-state index contributed by atoms with van der Waals surface area (Å²) >= 11 is 7.90. The molecule has 1 aromatic carbocycles. The van der Waals surface area contributed by atoms with Gasteiger partial charge in [0.25, 0.3) is 0 Å². The van der Waals surface area contributed by atoms with Crippen molar-refractivity contribution in [1.29, 1.82) is 5.26 Å². The second-order valence-electron chi connectivity index (χ2n) is 7.55. The van der Waals surface area contributed by atoms with Gasteiger partial charge in [0.1, 0.15) is 6.61 Å². The molecule has 8 heteroatoms. The van der Waals surface area contributed by atoms with Crippen LogP contribution in [0.1, 0.15) is 43.0 Å². The quantitative estimate of drug-likeness (QED) is 0.385. The summed E-state index contributed by atoms with van der Waals surface area (Å²) < 4.78 is 10.9. The summed E-state index contributed by atoms with van der Waals surface area (Å²) in [5, 5.41) is 14.4. The molecule has 33 heavy (non-hydrogen) atoms. The molecular weight excluding hydrogens is 460 g/mol. The number of benzene rings is 1. The van der Waals surface area contributed by atoms with Crippen LogP contribution in [-0.4, -0.2) is 25.2 Å². The van der Waals surface area contributed by atoms with E-state index in [4.69, 9.17) is 26.3 Å². The molecule has 6 nitrogen and oxygen atoms in total. The zero-order valence-electron chi connectivity index (χ0n) is 18.5. The number of nitriles is 1. The third-order valence-electron chi connectivity index (χ3n) is 5.21. The van der Waals surface area contributed by atoms with Crippen LogP contribution in [0.5, 0.6) is 0 Å². The van der Waals surface area contributed by atoms with Crippen LogP contribution in [0.15, 0.2) is 64.3 Å². The molecule has 0 fully saturated rings. The number of esters is 2. The van der Waals surface area contributed by atoms with Gasteiger partial charge in [-0.1, -0.05) is 29.8 Å². The smallest absolute Gasteiger partial charge is 0.336 e. The summed E-state index contributed by atoms with van der Waals surface area (Å²) in [6, 6.07) is 13.0. The highest BCUT2D eigenvalue weighted by Crippen LogP contribution is 2.40. The van der Waals surface area contributed by atoms with Crippen LogP contribution in [0.4, 0.5) is 0 Å². The third-order valence-corrected chi connectivity index (χ3v) is 6.38. The molecule has 0 saturated carbocycles. The standard InChI is InChI=1S/C25H25ClN2O4S/c1-16-21(24(29)31-12-4-9-20-10-5-14-33-20)23(18-7-3-8-19(26)15-18)22(17(2)28-16)25(30)32-13-6-11-27/h3,5,7-8,10,14-15,23,28H,4,6,9,12-13H2,1-2H3. The fourth-order valence-corrected chi connectivity index (χ4v) is 4.72. The Morgan fingerprint density at radius 3 is 2.39 bits per heavy atom. The maximum absolute atomic E-state index is 13.2. The highest BCUT2D eigenvalue weighted by molar-refractivity contribution is 7.09. The van der Waals surface area contributed by atoms with E-state index < -0.39 is 17.9 Å². The normalized spacial score (nSPS) is 15.6. The molecule has 1 unspecified atom stereocenters. The first-order valence-corrected chi connectivity index (χ1v) is 11.9. The van der Waals surface area contributed by atoms with Crippen LogP contribution in [0.2, 0.25) is 5.02 Å². The molecule has 0 saturated heterocycles. The van der Waals surface area contributed by atoms with E-state index in [1.807, 2.05) is 23.6 Å². The monoisotopic (exact) mass is 484 g/mol. The minimum absolute atomic E-state index is 0.0282. The van der Waals surface area contributed by atoms with Gasteiger partial charge in [-0.05, 0) is 55.8 Å². The van der Waals surface area contributed by atoms with E-state index in [9.17, 15) is 9.59 Å². The fraction of sp³-hybridized carbons (Fsp3) is 0.320. The number of hydrogen-bond donors (Lipinski definition) is 1. The molecule has 0 aliphatic carbocycles. The maximum atomic E-state index is 13.2. The highest BCUT2D eigenvalue weighted by Gasteiger charge is 2.38. The van der Waals surface area contributed by atoms with Crippen molar-refractivity contribution in [3.63, 3.8) is 0 Å². The number of halogens is 1. The zero-order valence-corrected chi connectivity index (χ0v) is 20.1. The average Bonchev–Trinajstić information content (AvgIpc) is 3.29. The number of hydrogen-bond acceptors (Lipinski definition) is 7. The first kappa shape index (κ1) is 24.6. The molecule has 0 radical (unpaired) electrons. The molecule has 0 bridgehead atoms. The van der Waals surface area contributed by atoms with Gasteiger partial charge in [-0.15, -0.1) is 11.3 Å². The Bertz CT molecular complexity index is 1120. The summed E-state index contributed by atoms with van der Waals surface area (Å²) in [5.74, 6) is -1.79. The van der Waals surface area contributed by atoms with E-state index in [0.717, 1.165) is 6.42 Å². The van der Waals surface area contributed by atoms with E-state index in [-0.39, 0.29) is 19.6 Å². The van der Waals surface area contributed by atoms with Crippen LogP contribution in [0.25, 0.3) is 0 Å². The van der Waals surface area contributed by atoms with E-state index in [1.165, 1.54) is 4.88 Å². The summed E-state index contributed by atoms with van der Waals surface area (Å²) in [7, 11) is 0. The second kappa shape index (κ2) is 11.7. The maximum Gasteiger partial charge on any atom is 0.336 e. The van der Waals surface area contributed by atoms with Gasteiger partial charge in [0.05, 0.1) is 36.2 Å². The largest absolute Gasteiger partial charge is 0.462 e. The predicted octanol–water partition coefficient (Wildman–Crippen LogP) is 5.27. The van der Waals surface area contributed by atoms with Crippen molar-refractivity contribution in [2.45, 2.75) is 39.0 Å². The van der Waals surface area contributed by atoms with Crippen LogP contribution in [0.3, 0.4) is 0 Å². The van der Waals surface area contributed by atoms with E-state index >= 15 is 0 Å². The molecule has 2 aromatic rings. The number of allylic oxidation sites excluding steroid dienone is 2. The van der Waals surface area contributed by atoms with Crippen LogP contribution in [-0.2, 0) is 25.5 Å². The summed E-state index contributed by atoms with van der Waals surface area (Å²) in [5.41, 5.74) is 2.50. The Hall–Kier alpha value is -3.08. The van der Waals surface area contributed by atoms with Gasteiger partial charge in [0.15, 0.2) is 0 Å². The third kappa shape index (κ3) is 6.25. The van der Waals surface area contributed by atoms with Crippen molar-refractivity contribution in [2.24, 2.45) is 0 Å². The fourth-order valence-electron chi connectivity index (χ4n) is 3.77. The lowest BCUT2D eigenvalue weighted by Gasteiger charge is -2.30. The molecule has 1 aromatic heterocycles. The van der Waals surface area contributed by atoms with Gasteiger partial charge >= 0.3 is 11.9 Å². The van der Waals surface area contributed by atoms with Crippen molar-refractivity contribution < 1.29 is 19.1 Å². The first-order valence-electron chi connectivity index (χ1n) is 10.6. The SMILES string of the molecule is CC1=C(C(=O)OCCC#N)C(c2cccc(Cl)c2)C(C(=O)OCCCc2cccs2)=C(C)N1. The van der Waals surface area contributed by atoms with Crippen LogP contribution < -0.4 is 5.32 Å². The molecule has 0 spiro atoms. The molecule has 172 valence electrons. The molecule has 2 heterocycles. The molecule has 3 rings (SSSR count). The number of thiophene rings is 1. The van der Waals surface area contributed by atoms with Gasteiger partial charge in [0.2, 0.25) is 0 Å². The highest BCUT2D eigenvalue weighted by atomic mass is 35.5. The summed E-state index contributed by atoms with van der Waals surface area (Å²) in [4.78, 5) is 27.4. The van der Waals surface area contributed by atoms with Crippen molar-refractivity contribution >= 4 is 34.9 Å². The van der Waals surface area contributed by atoms with Crippen LogP contribution >= 0.6 is 22.9 Å². The Morgan fingerprint density at radius 2 is 1.79 bits per heavy atom. The number of carbonyl (C=O) groups is 2. The Labute approximate surface area is 202 Å². The summed E-state index contributed by atoms with van der Waals surface area (Å²) in [6.45, 7) is 3.77. The van der Waals surface area contributed by atoms with Gasteiger partial charge in [0, 0.05) is 21.3 Å². The summed E-state index contributed by atoms with van der Waals surface area (Å²) in [6.07, 6.45) is 1.61. The number of nitrogens with one attached hydrogen (secondary N) is 1. The molecule has 1 N–H and O–H groups in total. The molecule has 0 amide bonds. The number of aryl methyl sites for hydroxylation is 1. The number of rotatable bonds is 9. The van der Waals surface area contributed by atoms with E-state index in [1.54, 1.807) is 43.4 Å². The number of ether oxygens (including phenoxy) is 2. The van der Waals surface area contributed by atoms with Crippen molar-refractivity contribution in [3.05, 3.63) is 79.8 Å². The van der Waals surface area contributed by atoms with E-state index in [0.29, 0.717) is 39.5 Å². The van der Waals surface area contributed by atoms with Crippen molar-refractivity contribution in [2.75, 3.05) is 13.2 Å². The Kier molecular flexibility index (Phi) is 8.70. The van der Waals surface area contributed by atoms with Gasteiger partial charge in [-0.3, -0.25) is 0 Å². The molecular formula is C25H25ClN2O4S. The zero-order chi connectivity index (χ0) is 23.8. The van der Waals surface area contributed by atoms with E-state index in [2.05, 4.69) is 11.4 Å². The number of dihydropyridines is 1. The van der Waals surface area contributed by atoms with Gasteiger partial charge < -0.3 is 14.8 Å². The molecule has 1 atom stereocenters. The number of nitrogens with zero attached hydrogens (tertiary/aromatic N) is 1. The van der Waals surface area contributed by atoms with Gasteiger partial charge in [-0.25, -0.2) is 9.59 Å². The Morgan fingerprint density at radius 1 is 1.09 bits per heavy atom. The lowest BCUT2D eigenvalue weighted by molar-refractivity contribution is -0.140. The minimum Gasteiger partial charge on any atom is -0.462 e. The topological polar surface area (TPSA) is 88.4 Å². The number of carbonyl (C=O) groups excluding carboxylic acids is 2. The molecule has 1 aliphatic rings. The van der Waals surface area contributed by atoms with Gasteiger partial charge in [-0.2, -0.15) is 5.26 Å². The lowest BCUT2D eigenvalue weighted by atomic mass is 9.80. The first-order chi connectivity index (χ1) is 15.9. The lowest BCUT2D eigenvalue weighted by Crippen LogP contribution is -2.32. The average molecular weight is 485 g/mol. The van der Waals surface area contributed by atoms with Crippen molar-refractivity contribution in [3.8, 4) is 6.07 Å².